The Balaban J connectivity index is 3.19. The van der Waals surface area contributed by atoms with Crippen molar-refractivity contribution in [3.8, 4) is 0 Å². The average Bonchev–Trinajstić information content (AvgIpc) is 2.61. The average molecular weight is 258 g/mol. The van der Waals surface area contributed by atoms with Gasteiger partial charge in [0.25, 0.3) is 0 Å². The zero-order valence-electron chi connectivity index (χ0n) is 8.46. The minimum Gasteiger partial charge on any atom is -0.461 e. The van der Waals surface area contributed by atoms with Crippen LogP contribution in [0.5, 0.6) is 0 Å². The van der Waals surface area contributed by atoms with E-state index in [1.165, 1.54) is 6.92 Å². The topological polar surface area (TPSA) is 44.1 Å². The van der Waals surface area contributed by atoms with Crippen LogP contribution in [0.15, 0.2) is 6.07 Å². The summed E-state index contributed by atoms with van der Waals surface area (Å²) in [4.78, 5) is 11.1. The molecule has 0 radical (unpaired) electrons. The van der Waals surface area contributed by atoms with E-state index in [1.807, 2.05) is 0 Å². The summed E-state index contributed by atoms with van der Waals surface area (Å²) < 4.78 is 65.4. The van der Waals surface area contributed by atoms with E-state index in [9.17, 15) is 26.7 Å². The van der Waals surface area contributed by atoms with Gasteiger partial charge in [-0.25, -0.2) is 4.79 Å². The molecule has 1 heterocycles. The molecule has 0 amide bonds. The number of alkyl halides is 5. The first-order valence-electron chi connectivity index (χ1n) is 4.39. The highest BCUT2D eigenvalue weighted by atomic mass is 19.4. The molecule has 0 aromatic carbocycles. The number of halogens is 5. The SMILES string of the molecule is CCOC(=O)c1cc(C(F)(F)F)nn1C(F)F. The molecule has 96 valence electrons. The standard InChI is InChI=1S/C8H7F5N2O2/c1-2-17-6(16)4-3-5(8(11,12)13)14-15(4)7(9)10/h3,7H,2H2,1H3. The van der Waals surface area contributed by atoms with Gasteiger partial charge in [-0.15, -0.1) is 0 Å². The summed E-state index contributed by atoms with van der Waals surface area (Å²) in [6.07, 6.45) is -4.90. The molecule has 0 atom stereocenters. The number of hydrogen-bond acceptors (Lipinski definition) is 3. The summed E-state index contributed by atoms with van der Waals surface area (Å²) in [7, 11) is 0. The van der Waals surface area contributed by atoms with E-state index in [1.54, 1.807) is 0 Å². The lowest BCUT2D eigenvalue weighted by molar-refractivity contribution is -0.142. The Morgan fingerprint density at radius 3 is 2.53 bits per heavy atom. The molecule has 0 N–H and O–H groups in total. The Morgan fingerprint density at radius 2 is 2.12 bits per heavy atom. The molecule has 1 aromatic rings. The number of ether oxygens (including phenoxy) is 1. The molecule has 0 fully saturated rings. The minimum atomic E-state index is -4.90. The molecule has 0 saturated heterocycles. The van der Waals surface area contributed by atoms with Crippen molar-refractivity contribution >= 4 is 5.97 Å². The molecular formula is C8H7F5N2O2. The number of esters is 1. The van der Waals surface area contributed by atoms with E-state index in [2.05, 4.69) is 9.84 Å². The van der Waals surface area contributed by atoms with Gasteiger partial charge in [0.15, 0.2) is 11.4 Å². The number of aromatic nitrogens is 2. The molecule has 0 aliphatic rings. The fourth-order valence-corrected chi connectivity index (χ4v) is 1.04. The zero-order chi connectivity index (χ0) is 13.2. The molecule has 1 aromatic heterocycles. The van der Waals surface area contributed by atoms with Gasteiger partial charge < -0.3 is 4.74 Å². The van der Waals surface area contributed by atoms with Crippen LogP contribution in [0, 0.1) is 0 Å². The van der Waals surface area contributed by atoms with Crippen LogP contribution in [0.4, 0.5) is 22.0 Å². The van der Waals surface area contributed by atoms with Gasteiger partial charge in [-0.1, -0.05) is 0 Å². The van der Waals surface area contributed by atoms with Crippen LogP contribution < -0.4 is 0 Å². The second-order valence-electron chi connectivity index (χ2n) is 2.86. The van der Waals surface area contributed by atoms with Gasteiger partial charge in [0.1, 0.15) is 0 Å². The zero-order valence-corrected chi connectivity index (χ0v) is 8.46. The fourth-order valence-electron chi connectivity index (χ4n) is 1.04. The molecule has 0 aliphatic heterocycles. The third-order valence-corrected chi connectivity index (χ3v) is 1.70. The minimum absolute atomic E-state index is 0.144. The number of carbonyl (C=O) groups excluding carboxylic acids is 1. The van der Waals surface area contributed by atoms with Gasteiger partial charge >= 0.3 is 18.7 Å². The lowest BCUT2D eigenvalue weighted by Crippen LogP contribution is -2.14. The van der Waals surface area contributed by atoms with Crippen LogP contribution in [0.25, 0.3) is 0 Å². The second-order valence-corrected chi connectivity index (χ2v) is 2.86. The molecule has 9 heteroatoms. The maximum absolute atomic E-state index is 12.4. The first-order valence-corrected chi connectivity index (χ1v) is 4.39. The van der Waals surface area contributed by atoms with Crippen LogP contribution >= 0.6 is 0 Å². The highest BCUT2D eigenvalue weighted by Crippen LogP contribution is 2.30. The normalized spacial score (nSPS) is 11.9. The lowest BCUT2D eigenvalue weighted by atomic mass is 10.3. The number of hydrogen-bond donors (Lipinski definition) is 0. The maximum atomic E-state index is 12.4. The number of nitrogens with zero attached hydrogens (tertiary/aromatic N) is 2. The quantitative estimate of drug-likeness (QED) is 0.618. The van der Waals surface area contributed by atoms with Crippen molar-refractivity contribution in [2.24, 2.45) is 0 Å². The van der Waals surface area contributed by atoms with Crippen molar-refractivity contribution in [2.45, 2.75) is 19.6 Å². The second kappa shape index (κ2) is 4.68. The molecule has 17 heavy (non-hydrogen) atoms. The molecule has 4 nitrogen and oxygen atoms in total. The van der Waals surface area contributed by atoms with E-state index in [4.69, 9.17) is 0 Å². The number of carbonyl (C=O) groups is 1. The summed E-state index contributed by atoms with van der Waals surface area (Å²) in [5.41, 5.74) is -2.50. The van der Waals surface area contributed by atoms with Gasteiger partial charge in [-0.2, -0.15) is 31.7 Å². The maximum Gasteiger partial charge on any atom is 0.435 e. The van der Waals surface area contributed by atoms with Crippen LogP contribution in [0.3, 0.4) is 0 Å². The predicted octanol–water partition coefficient (Wildman–Crippen LogP) is 2.47. The van der Waals surface area contributed by atoms with Gasteiger partial charge in [-0.05, 0) is 6.92 Å². The Labute approximate surface area is 92.0 Å². The smallest absolute Gasteiger partial charge is 0.435 e. The predicted molar refractivity (Wildman–Crippen MR) is 44.4 cm³/mol. The van der Waals surface area contributed by atoms with E-state index in [0.29, 0.717) is 0 Å². The van der Waals surface area contributed by atoms with Crippen LogP contribution in [0.1, 0.15) is 29.7 Å². The lowest BCUT2D eigenvalue weighted by Gasteiger charge is -2.04. The summed E-state index contributed by atoms with van der Waals surface area (Å²) >= 11 is 0. The van der Waals surface area contributed by atoms with Crippen LogP contribution in [-0.4, -0.2) is 22.4 Å². The third-order valence-electron chi connectivity index (χ3n) is 1.70. The summed E-state index contributed by atoms with van der Waals surface area (Å²) in [6.45, 7) is -2.11. The molecule has 0 unspecified atom stereocenters. The first kappa shape index (κ1) is 13.4. The van der Waals surface area contributed by atoms with E-state index < -0.39 is 30.1 Å². The van der Waals surface area contributed by atoms with Crippen molar-refractivity contribution in [2.75, 3.05) is 6.61 Å². The summed E-state index contributed by atoms with van der Waals surface area (Å²) in [5, 5.41) is 2.63. The third kappa shape index (κ3) is 2.92. The van der Waals surface area contributed by atoms with Crippen molar-refractivity contribution in [3.63, 3.8) is 0 Å². The summed E-state index contributed by atoms with van der Waals surface area (Å²) in [6, 6.07) is 0.226. The van der Waals surface area contributed by atoms with Crippen molar-refractivity contribution in [3.05, 3.63) is 17.5 Å². The van der Waals surface area contributed by atoms with Gasteiger partial charge in [0.2, 0.25) is 0 Å². The highest BCUT2D eigenvalue weighted by Gasteiger charge is 2.37. The Hall–Kier alpha value is -1.67. The van der Waals surface area contributed by atoms with Crippen molar-refractivity contribution in [1.29, 1.82) is 0 Å². The van der Waals surface area contributed by atoms with Crippen molar-refractivity contribution < 1.29 is 31.5 Å². The molecule has 0 bridgehead atoms. The monoisotopic (exact) mass is 258 g/mol. The summed E-state index contributed by atoms with van der Waals surface area (Å²) in [5.74, 6) is -1.28. The van der Waals surface area contributed by atoms with Gasteiger partial charge in [0.05, 0.1) is 6.61 Å². The Morgan fingerprint density at radius 1 is 1.53 bits per heavy atom. The van der Waals surface area contributed by atoms with Gasteiger partial charge in [-0.3, -0.25) is 0 Å². The molecular weight excluding hydrogens is 251 g/mol. The highest BCUT2D eigenvalue weighted by molar-refractivity contribution is 5.87. The first-order chi connectivity index (χ1) is 7.77. The van der Waals surface area contributed by atoms with Crippen LogP contribution in [0.2, 0.25) is 0 Å². The van der Waals surface area contributed by atoms with Crippen LogP contribution in [-0.2, 0) is 10.9 Å². The van der Waals surface area contributed by atoms with E-state index >= 15 is 0 Å². The molecule has 0 saturated carbocycles. The molecule has 1 rings (SSSR count). The van der Waals surface area contributed by atoms with Crippen molar-refractivity contribution in [1.82, 2.24) is 9.78 Å². The van der Waals surface area contributed by atoms with Gasteiger partial charge in [0, 0.05) is 6.07 Å². The fraction of sp³-hybridized carbons (Fsp3) is 0.500. The number of rotatable bonds is 3. The Kier molecular flexibility index (Phi) is 3.69. The van der Waals surface area contributed by atoms with E-state index in [-0.39, 0.29) is 17.4 Å². The largest absolute Gasteiger partial charge is 0.461 e. The Bertz CT molecular complexity index is 413. The molecule has 0 spiro atoms. The van der Waals surface area contributed by atoms with E-state index in [0.717, 1.165) is 0 Å². The molecule has 0 aliphatic carbocycles.